The number of anilines is 1. The molecule has 7 heteroatoms. The zero-order valence-corrected chi connectivity index (χ0v) is 10.6. The number of carbonyl (C=O) groups excluding carboxylic acids is 1. The number of fused-ring (bicyclic) bond motifs is 1. The van der Waals surface area contributed by atoms with Crippen molar-refractivity contribution in [2.75, 3.05) is 31.4 Å². The fourth-order valence-corrected chi connectivity index (χ4v) is 2.76. The Bertz CT molecular complexity index is 567. The van der Waals surface area contributed by atoms with Crippen LogP contribution in [0, 0.1) is 0 Å². The highest BCUT2D eigenvalue weighted by molar-refractivity contribution is 7.91. The second-order valence-electron chi connectivity index (χ2n) is 3.81. The molecule has 0 saturated carbocycles. The Labute approximate surface area is 105 Å². The Morgan fingerprint density at radius 1 is 1.44 bits per heavy atom. The van der Waals surface area contributed by atoms with Crippen LogP contribution in [0.15, 0.2) is 23.1 Å². The summed E-state index contributed by atoms with van der Waals surface area (Å²) >= 11 is 0. The molecule has 0 aromatic heterocycles. The van der Waals surface area contributed by atoms with Gasteiger partial charge in [-0.1, -0.05) is 0 Å². The van der Waals surface area contributed by atoms with Crippen molar-refractivity contribution in [1.82, 2.24) is 0 Å². The lowest BCUT2D eigenvalue weighted by Crippen LogP contribution is -2.25. The Morgan fingerprint density at radius 2 is 2.22 bits per heavy atom. The first-order valence-electron chi connectivity index (χ1n) is 5.31. The summed E-state index contributed by atoms with van der Waals surface area (Å²) in [6.07, 6.45) is 0. The van der Waals surface area contributed by atoms with Crippen LogP contribution in [0.25, 0.3) is 0 Å². The molecule has 0 aliphatic carbocycles. The standard InChI is InChI=1S/C11H13NO5S/c1-16-4-5-18(14,15)8-2-3-10-9(6-8)12-11(13)7-17-10/h2-3,6H,4-5,7H2,1H3,(H,12,13). The molecule has 0 spiro atoms. The van der Waals surface area contributed by atoms with Gasteiger partial charge in [-0.15, -0.1) is 0 Å². The molecule has 1 aromatic carbocycles. The molecule has 6 nitrogen and oxygen atoms in total. The van der Waals surface area contributed by atoms with Crippen molar-refractivity contribution < 1.29 is 22.7 Å². The summed E-state index contributed by atoms with van der Waals surface area (Å²) in [5, 5.41) is 2.57. The lowest BCUT2D eigenvalue weighted by atomic mass is 10.2. The van der Waals surface area contributed by atoms with E-state index < -0.39 is 9.84 Å². The van der Waals surface area contributed by atoms with E-state index in [4.69, 9.17) is 9.47 Å². The van der Waals surface area contributed by atoms with E-state index in [9.17, 15) is 13.2 Å². The van der Waals surface area contributed by atoms with Gasteiger partial charge in [0.25, 0.3) is 5.91 Å². The molecule has 0 saturated heterocycles. The third-order valence-electron chi connectivity index (χ3n) is 2.50. The summed E-state index contributed by atoms with van der Waals surface area (Å²) in [6, 6.07) is 4.40. The van der Waals surface area contributed by atoms with Crippen LogP contribution in [0.5, 0.6) is 5.75 Å². The van der Waals surface area contributed by atoms with Crippen molar-refractivity contribution in [3.63, 3.8) is 0 Å². The molecule has 98 valence electrons. The maximum absolute atomic E-state index is 11.9. The Morgan fingerprint density at radius 3 is 2.94 bits per heavy atom. The van der Waals surface area contributed by atoms with Crippen LogP contribution in [-0.2, 0) is 19.4 Å². The number of methoxy groups -OCH3 is 1. The molecule has 18 heavy (non-hydrogen) atoms. The van der Waals surface area contributed by atoms with Crippen LogP contribution >= 0.6 is 0 Å². The van der Waals surface area contributed by atoms with E-state index in [0.717, 1.165) is 0 Å². The van der Waals surface area contributed by atoms with E-state index >= 15 is 0 Å². The summed E-state index contributed by atoms with van der Waals surface area (Å²) in [5.74, 6) is 0.0751. The van der Waals surface area contributed by atoms with Gasteiger partial charge in [-0.3, -0.25) is 4.79 Å². The van der Waals surface area contributed by atoms with Crippen molar-refractivity contribution in [2.24, 2.45) is 0 Å². The molecule has 1 aliphatic heterocycles. The van der Waals surface area contributed by atoms with Crippen molar-refractivity contribution in [2.45, 2.75) is 4.90 Å². The highest BCUT2D eigenvalue weighted by Crippen LogP contribution is 2.30. The smallest absolute Gasteiger partial charge is 0.262 e. The quantitative estimate of drug-likeness (QED) is 0.859. The SMILES string of the molecule is COCCS(=O)(=O)c1ccc2c(c1)NC(=O)CO2. The first-order chi connectivity index (χ1) is 8.53. The molecule has 0 bridgehead atoms. The number of carbonyl (C=O) groups is 1. The maximum Gasteiger partial charge on any atom is 0.262 e. The first-order valence-corrected chi connectivity index (χ1v) is 6.96. The van der Waals surface area contributed by atoms with E-state index in [2.05, 4.69) is 5.32 Å². The van der Waals surface area contributed by atoms with Gasteiger partial charge in [0.15, 0.2) is 16.4 Å². The van der Waals surface area contributed by atoms with Gasteiger partial charge in [-0.25, -0.2) is 8.42 Å². The van der Waals surface area contributed by atoms with Crippen molar-refractivity contribution in [1.29, 1.82) is 0 Å². The van der Waals surface area contributed by atoms with Gasteiger partial charge in [-0.2, -0.15) is 0 Å². The number of ether oxygens (including phenoxy) is 2. The molecule has 0 atom stereocenters. The minimum absolute atomic E-state index is 0.0528. The highest BCUT2D eigenvalue weighted by Gasteiger charge is 2.20. The fraction of sp³-hybridized carbons (Fsp3) is 0.364. The second-order valence-corrected chi connectivity index (χ2v) is 5.92. The molecule has 0 unspecified atom stereocenters. The zero-order valence-electron chi connectivity index (χ0n) is 9.80. The third kappa shape index (κ3) is 2.62. The average molecular weight is 271 g/mol. The number of amides is 1. The number of benzene rings is 1. The number of nitrogens with one attached hydrogen (secondary N) is 1. The topological polar surface area (TPSA) is 81.7 Å². The van der Waals surface area contributed by atoms with Gasteiger partial charge in [0, 0.05) is 7.11 Å². The van der Waals surface area contributed by atoms with E-state index in [1.807, 2.05) is 0 Å². The number of rotatable bonds is 4. The Hall–Kier alpha value is -1.60. The molecule has 0 fully saturated rings. The lowest BCUT2D eigenvalue weighted by molar-refractivity contribution is -0.118. The molecule has 1 amide bonds. The summed E-state index contributed by atoms with van der Waals surface area (Å²) in [6.45, 7) is 0.0745. The molecule has 1 aromatic rings. The minimum Gasteiger partial charge on any atom is -0.482 e. The lowest BCUT2D eigenvalue weighted by Gasteiger charge is -2.18. The van der Waals surface area contributed by atoms with Crippen LogP contribution in [0.4, 0.5) is 5.69 Å². The number of hydrogen-bond donors (Lipinski definition) is 1. The zero-order chi connectivity index (χ0) is 13.2. The summed E-state index contributed by atoms with van der Waals surface area (Å²) in [7, 11) is -1.96. The Balaban J connectivity index is 2.31. The predicted molar refractivity (Wildman–Crippen MR) is 64.5 cm³/mol. The fourth-order valence-electron chi connectivity index (χ4n) is 1.57. The van der Waals surface area contributed by atoms with Crippen LogP contribution < -0.4 is 10.1 Å². The van der Waals surface area contributed by atoms with Crippen LogP contribution in [0.1, 0.15) is 0 Å². The van der Waals surface area contributed by atoms with Gasteiger partial charge >= 0.3 is 0 Å². The van der Waals surface area contributed by atoms with Crippen LogP contribution in [0.3, 0.4) is 0 Å². The maximum atomic E-state index is 11.9. The highest BCUT2D eigenvalue weighted by atomic mass is 32.2. The normalized spacial score (nSPS) is 14.6. The molecular formula is C11H13NO5S. The Kier molecular flexibility index (Phi) is 3.53. The molecule has 0 radical (unpaired) electrons. The molecule has 2 rings (SSSR count). The first kappa shape index (κ1) is 12.8. The number of hydrogen-bond acceptors (Lipinski definition) is 5. The van der Waals surface area contributed by atoms with E-state index in [-0.39, 0.29) is 29.8 Å². The van der Waals surface area contributed by atoms with Gasteiger partial charge in [0.2, 0.25) is 0 Å². The monoisotopic (exact) mass is 271 g/mol. The van der Waals surface area contributed by atoms with E-state index in [1.165, 1.54) is 25.3 Å². The van der Waals surface area contributed by atoms with E-state index in [0.29, 0.717) is 11.4 Å². The predicted octanol–water partition coefficient (Wildman–Crippen LogP) is 0.438. The van der Waals surface area contributed by atoms with Gasteiger partial charge in [0.05, 0.1) is 22.9 Å². The summed E-state index contributed by atoms with van der Waals surface area (Å²) in [4.78, 5) is 11.3. The average Bonchev–Trinajstić information content (AvgIpc) is 2.35. The van der Waals surface area contributed by atoms with Crippen molar-refractivity contribution >= 4 is 21.4 Å². The van der Waals surface area contributed by atoms with Crippen LogP contribution in [0.2, 0.25) is 0 Å². The van der Waals surface area contributed by atoms with E-state index in [1.54, 1.807) is 0 Å². The molecule has 1 heterocycles. The largest absolute Gasteiger partial charge is 0.482 e. The molecule has 1 aliphatic rings. The van der Waals surface area contributed by atoms with Crippen LogP contribution in [-0.4, -0.2) is 40.4 Å². The minimum atomic E-state index is -3.41. The summed E-state index contributed by atoms with van der Waals surface area (Å²) < 4.78 is 33.8. The third-order valence-corrected chi connectivity index (χ3v) is 4.18. The van der Waals surface area contributed by atoms with Gasteiger partial charge in [0.1, 0.15) is 5.75 Å². The molecular weight excluding hydrogens is 258 g/mol. The number of sulfone groups is 1. The van der Waals surface area contributed by atoms with Crippen molar-refractivity contribution in [3.8, 4) is 5.75 Å². The molecule has 1 N–H and O–H groups in total. The van der Waals surface area contributed by atoms with Crippen molar-refractivity contribution in [3.05, 3.63) is 18.2 Å². The van der Waals surface area contributed by atoms with Gasteiger partial charge in [-0.05, 0) is 18.2 Å². The summed E-state index contributed by atoms with van der Waals surface area (Å²) in [5.41, 5.74) is 0.379. The second kappa shape index (κ2) is 4.95. The van der Waals surface area contributed by atoms with Gasteiger partial charge < -0.3 is 14.8 Å².